The van der Waals surface area contributed by atoms with Gasteiger partial charge >= 0.3 is 0 Å². The molecule has 27 heavy (non-hydrogen) atoms. The molecule has 2 aromatic carbocycles. The Bertz CT molecular complexity index is 852. The fourth-order valence-corrected chi connectivity index (χ4v) is 2.84. The van der Waals surface area contributed by atoms with E-state index in [0.29, 0.717) is 5.82 Å². The summed E-state index contributed by atoms with van der Waals surface area (Å²) < 4.78 is 5.12. The van der Waals surface area contributed by atoms with Gasteiger partial charge in [0.2, 0.25) is 0 Å². The van der Waals surface area contributed by atoms with Gasteiger partial charge in [-0.1, -0.05) is 55.5 Å². The van der Waals surface area contributed by atoms with Gasteiger partial charge in [0.25, 0.3) is 0 Å². The van der Waals surface area contributed by atoms with E-state index in [4.69, 9.17) is 9.72 Å². The van der Waals surface area contributed by atoms with E-state index in [1.807, 2.05) is 42.5 Å². The Hall–Kier alpha value is -2.92. The molecule has 0 unspecified atom stereocenters. The van der Waals surface area contributed by atoms with Crippen molar-refractivity contribution in [2.24, 2.45) is 0 Å². The van der Waals surface area contributed by atoms with Gasteiger partial charge in [0, 0.05) is 37.6 Å². The van der Waals surface area contributed by atoms with Gasteiger partial charge in [-0.15, -0.1) is 0 Å². The van der Waals surface area contributed by atoms with E-state index in [2.05, 4.69) is 40.7 Å². The van der Waals surface area contributed by atoms with Crippen molar-refractivity contribution in [2.45, 2.75) is 19.8 Å². The Morgan fingerprint density at radius 2 is 1.67 bits per heavy atom. The minimum absolute atomic E-state index is 0.698. The summed E-state index contributed by atoms with van der Waals surface area (Å²) in [4.78, 5) is 9.41. The predicted octanol–water partition coefficient (Wildman–Crippen LogP) is 4.90. The van der Waals surface area contributed by atoms with E-state index >= 15 is 0 Å². The molecule has 5 heteroatoms. The highest BCUT2D eigenvalue weighted by atomic mass is 16.5. The summed E-state index contributed by atoms with van der Waals surface area (Å²) in [7, 11) is 1.71. The number of para-hydroxylation sites is 1. The molecule has 0 aliphatic carbocycles. The highest BCUT2D eigenvalue weighted by Gasteiger charge is 2.08. The first-order valence-electron chi connectivity index (χ1n) is 9.32. The van der Waals surface area contributed by atoms with Gasteiger partial charge in [0.15, 0.2) is 5.82 Å². The van der Waals surface area contributed by atoms with Crippen LogP contribution in [0.15, 0.2) is 60.7 Å². The number of ether oxygens (including phenoxy) is 1. The average molecular weight is 362 g/mol. The van der Waals surface area contributed by atoms with Gasteiger partial charge in [0.1, 0.15) is 11.6 Å². The summed E-state index contributed by atoms with van der Waals surface area (Å²) in [6.45, 7) is 3.67. The Kier molecular flexibility index (Phi) is 6.77. The topological polar surface area (TPSA) is 59.1 Å². The van der Waals surface area contributed by atoms with Crippen molar-refractivity contribution in [2.75, 3.05) is 30.9 Å². The van der Waals surface area contributed by atoms with Gasteiger partial charge in [-0.25, -0.2) is 9.97 Å². The number of anilines is 3. The van der Waals surface area contributed by atoms with Gasteiger partial charge in [-0.3, -0.25) is 0 Å². The molecule has 0 radical (unpaired) electrons. The minimum Gasteiger partial charge on any atom is -0.385 e. The van der Waals surface area contributed by atoms with Crippen LogP contribution in [0, 0.1) is 0 Å². The SMILES string of the molecule is CCc1ccccc1Nc1cc(NCCCOC)nc(-c2ccccc2)n1. The zero-order valence-electron chi connectivity index (χ0n) is 15.9. The first-order chi connectivity index (χ1) is 13.3. The molecular weight excluding hydrogens is 336 g/mol. The van der Waals surface area contributed by atoms with Crippen molar-refractivity contribution < 1.29 is 4.74 Å². The second-order valence-corrected chi connectivity index (χ2v) is 6.24. The summed E-state index contributed by atoms with van der Waals surface area (Å²) in [5, 5.41) is 6.83. The van der Waals surface area contributed by atoms with Crippen LogP contribution in [0.4, 0.5) is 17.3 Å². The minimum atomic E-state index is 0.698. The molecule has 0 aliphatic heterocycles. The molecule has 140 valence electrons. The largest absolute Gasteiger partial charge is 0.385 e. The number of hydrogen-bond acceptors (Lipinski definition) is 5. The molecular formula is C22H26N4O. The fourth-order valence-electron chi connectivity index (χ4n) is 2.84. The normalized spacial score (nSPS) is 10.6. The summed E-state index contributed by atoms with van der Waals surface area (Å²) in [6.07, 6.45) is 1.88. The van der Waals surface area contributed by atoms with Crippen LogP contribution in [0.25, 0.3) is 11.4 Å². The Labute approximate surface area is 160 Å². The quantitative estimate of drug-likeness (QED) is 0.530. The van der Waals surface area contributed by atoms with Crippen LogP contribution in [0.5, 0.6) is 0 Å². The first-order valence-corrected chi connectivity index (χ1v) is 9.32. The lowest BCUT2D eigenvalue weighted by atomic mass is 10.1. The van der Waals surface area contributed by atoms with Gasteiger partial charge in [0.05, 0.1) is 0 Å². The zero-order chi connectivity index (χ0) is 18.9. The molecule has 0 spiro atoms. The predicted molar refractivity (Wildman–Crippen MR) is 112 cm³/mol. The Morgan fingerprint density at radius 3 is 2.44 bits per heavy atom. The lowest BCUT2D eigenvalue weighted by Gasteiger charge is -2.13. The number of aryl methyl sites for hydroxylation is 1. The molecule has 0 saturated heterocycles. The third-order valence-electron chi connectivity index (χ3n) is 4.25. The fraction of sp³-hybridized carbons (Fsp3) is 0.273. The van der Waals surface area contributed by atoms with Crippen LogP contribution < -0.4 is 10.6 Å². The van der Waals surface area contributed by atoms with Crippen molar-refractivity contribution in [1.82, 2.24) is 9.97 Å². The molecule has 0 saturated carbocycles. The Morgan fingerprint density at radius 1 is 0.926 bits per heavy atom. The first kappa shape index (κ1) is 18.9. The van der Waals surface area contributed by atoms with Crippen molar-refractivity contribution in [1.29, 1.82) is 0 Å². The maximum atomic E-state index is 5.12. The van der Waals surface area contributed by atoms with Crippen LogP contribution in [-0.4, -0.2) is 30.2 Å². The van der Waals surface area contributed by atoms with Crippen LogP contribution >= 0.6 is 0 Å². The summed E-state index contributed by atoms with van der Waals surface area (Å²) in [6, 6.07) is 20.3. The Balaban J connectivity index is 1.89. The maximum Gasteiger partial charge on any atom is 0.163 e. The third kappa shape index (κ3) is 5.28. The molecule has 0 fully saturated rings. The van der Waals surface area contributed by atoms with E-state index in [-0.39, 0.29) is 0 Å². The van der Waals surface area contributed by atoms with Crippen LogP contribution in [0.1, 0.15) is 18.9 Å². The van der Waals surface area contributed by atoms with E-state index in [9.17, 15) is 0 Å². The molecule has 0 bridgehead atoms. The van der Waals surface area contributed by atoms with E-state index in [1.54, 1.807) is 7.11 Å². The van der Waals surface area contributed by atoms with Gasteiger partial charge in [-0.2, -0.15) is 0 Å². The van der Waals surface area contributed by atoms with Crippen LogP contribution in [0.3, 0.4) is 0 Å². The number of nitrogens with one attached hydrogen (secondary N) is 2. The molecule has 0 amide bonds. The molecule has 1 aromatic heterocycles. The highest BCUT2D eigenvalue weighted by Crippen LogP contribution is 2.24. The van der Waals surface area contributed by atoms with E-state index in [1.165, 1.54) is 5.56 Å². The highest BCUT2D eigenvalue weighted by molar-refractivity contribution is 5.66. The van der Waals surface area contributed by atoms with Crippen molar-refractivity contribution in [3.63, 3.8) is 0 Å². The molecule has 5 nitrogen and oxygen atoms in total. The van der Waals surface area contributed by atoms with Crippen molar-refractivity contribution in [3.05, 3.63) is 66.2 Å². The zero-order valence-corrected chi connectivity index (χ0v) is 15.9. The smallest absolute Gasteiger partial charge is 0.163 e. The number of aromatic nitrogens is 2. The number of benzene rings is 2. The summed E-state index contributed by atoms with van der Waals surface area (Å²) >= 11 is 0. The van der Waals surface area contributed by atoms with Gasteiger partial charge < -0.3 is 15.4 Å². The molecule has 0 aliphatic rings. The average Bonchev–Trinajstić information content (AvgIpc) is 2.72. The number of methoxy groups -OCH3 is 1. The molecule has 1 heterocycles. The number of hydrogen-bond donors (Lipinski definition) is 2. The maximum absolute atomic E-state index is 5.12. The monoisotopic (exact) mass is 362 g/mol. The van der Waals surface area contributed by atoms with E-state index in [0.717, 1.165) is 48.9 Å². The van der Waals surface area contributed by atoms with Crippen molar-refractivity contribution >= 4 is 17.3 Å². The summed E-state index contributed by atoms with van der Waals surface area (Å²) in [5.41, 5.74) is 3.32. The lowest BCUT2D eigenvalue weighted by molar-refractivity contribution is 0.198. The van der Waals surface area contributed by atoms with Crippen LogP contribution in [0.2, 0.25) is 0 Å². The van der Waals surface area contributed by atoms with Crippen molar-refractivity contribution in [3.8, 4) is 11.4 Å². The summed E-state index contributed by atoms with van der Waals surface area (Å²) in [5.74, 6) is 2.28. The second kappa shape index (κ2) is 9.69. The van der Waals surface area contributed by atoms with Gasteiger partial charge in [-0.05, 0) is 24.5 Å². The lowest BCUT2D eigenvalue weighted by Crippen LogP contribution is -2.08. The van der Waals surface area contributed by atoms with Crippen LogP contribution in [-0.2, 0) is 11.2 Å². The number of rotatable bonds is 9. The standard InChI is InChI=1S/C22H26N4O/c1-3-17-10-7-8-13-19(17)24-21-16-20(23-14-9-15-27-2)25-22(26-21)18-11-5-4-6-12-18/h4-8,10-13,16H,3,9,14-15H2,1-2H3,(H2,23,24,25,26). The number of nitrogens with zero attached hydrogens (tertiary/aromatic N) is 2. The molecule has 0 atom stereocenters. The third-order valence-corrected chi connectivity index (χ3v) is 4.25. The molecule has 2 N–H and O–H groups in total. The molecule has 3 rings (SSSR count). The van der Waals surface area contributed by atoms with E-state index < -0.39 is 0 Å². The second-order valence-electron chi connectivity index (χ2n) is 6.24. The molecule has 3 aromatic rings.